The van der Waals surface area contributed by atoms with E-state index in [2.05, 4.69) is 9.97 Å². The number of aryl methyl sites for hydroxylation is 1. The smallest absolute Gasteiger partial charge is 0.316 e. The van der Waals surface area contributed by atoms with Gasteiger partial charge in [0.25, 0.3) is 5.91 Å². The number of methoxy groups -OCH3 is 1. The highest BCUT2D eigenvalue weighted by Gasteiger charge is 2.17. The van der Waals surface area contributed by atoms with Gasteiger partial charge in [-0.15, -0.1) is 11.3 Å². The number of hydrogen-bond acceptors (Lipinski definition) is 6. The molecule has 0 atom stereocenters. The molecule has 7 heteroatoms. The number of thiophene rings is 1. The largest absolute Gasteiger partial charge is 0.467 e. The molecule has 112 valence electrons. The third-order valence-corrected chi connectivity index (χ3v) is 3.84. The van der Waals surface area contributed by atoms with Gasteiger partial charge in [0.2, 0.25) is 0 Å². The number of nitrogens with zero attached hydrogens (tertiary/aromatic N) is 3. The summed E-state index contributed by atoms with van der Waals surface area (Å²) in [5.74, 6) is -0.210. The lowest BCUT2D eigenvalue weighted by atomic mass is 10.2. The van der Waals surface area contributed by atoms with Crippen molar-refractivity contribution in [3.63, 3.8) is 0 Å². The lowest BCUT2D eigenvalue weighted by Gasteiger charge is -2.20. The second kappa shape index (κ2) is 7.14. The van der Waals surface area contributed by atoms with Gasteiger partial charge in [0.15, 0.2) is 0 Å². The van der Waals surface area contributed by atoms with Crippen LogP contribution in [0.25, 0.3) is 0 Å². The first-order valence-electron chi connectivity index (χ1n) is 6.45. The van der Waals surface area contributed by atoms with Crippen LogP contribution in [0.5, 0.6) is 6.01 Å². The van der Waals surface area contributed by atoms with Crippen LogP contribution in [0.3, 0.4) is 0 Å². The minimum Gasteiger partial charge on any atom is -0.467 e. The third-order valence-electron chi connectivity index (χ3n) is 2.86. The molecule has 1 N–H and O–H groups in total. The molecule has 6 nitrogen and oxygen atoms in total. The van der Waals surface area contributed by atoms with E-state index in [9.17, 15) is 4.79 Å². The van der Waals surface area contributed by atoms with E-state index in [-0.39, 0.29) is 25.1 Å². The van der Waals surface area contributed by atoms with Crippen LogP contribution in [0.4, 0.5) is 0 Å². The Morgan fingerprint density at radius 1 is 1.38 bits per heavy atom. The third kappa shape index (κ3) is 3.99. The van der Waals surface area contributed by atoms with Crippen molar-refractivity contribution < 1.29 is 14.6 Å². The van der Waals surface area contributed by atoms with Crippen molar-refractivity contribution in [2.75, 3.05) is 20.3 Å². The van der Waals surface area contributed by atoms with E-state index < -0.39 is 0 Å². The molecule has 0 spiro atoms. The molecular formula is C14H17N3O3S. The predicted octanol–water partition coefficient (Wildman–Crippen LogP) is 1.49. The van der Waals surface area contributed by atoms with Crippen LogP contribution >= 0.6 is 11.3 Å². The number of rotatable bonds is 6. The van der Waals surface area contributed by atoms with Gasteiger partial charge in [-0.1, -0.05) is 0 Å². The van der Waals surface area contributed by atoms with Crippen LogP contribution in [0.2, 0.25) is 0 Å². The fraction of sp³-hybridized carbons (Fsp3) is 0.357. The zero-order valence-electron chi connectivity index (χ0n) is 11.9. The van der Waals surface area contributed by atoms with Gasteiger partial charge in [-0.2, -0.15) is 0 Å². The van der Waals surface area contributed by atoms with Crippen molar-refractivity contribution in [1.29, 1.82) is 0 Å². The van der Waals surface area contributed by atoms with Crippen molar-refractivity contribution in [1.82, 2.24) is 14.9 Å². The molecule has 0 bridgehead atoms. The predicted molar refractivity (Wildman–Crippen MR) is 79.5 cm³/mol. The van der Waals surface area contributed by atoms with E-state index in [0.29, 0.717) is 12.1 Å². The summed E-state index contributed by atoms with van der Waals surface area (Å²) in [6.45, 7) is 2.66. The fourth-order valence-corrected chi connectivity index (χ4v) is 2.75. The second-order valence-corrected chi connectivity index (χ2v) is 5.79. The van der Waals surface area contributed by atoms with Crippen LogP contribution in [-0.4, -0.2) is 46.1 Å². The molecule has 0 aliphatic rings. The maximum absolute atomic E-state index is 12.4. The van der Waals surface area contributed by atoms with Gasteiger partial charge >= 0.3 is 6.01 Å². The first-order chi connectivity index (χ1) is 10.1. The molecule has 2 rings (SSSR count). The van der Waals surface area contributed by atoms with Crippen LogP contribution < -0.4 is 4.74 Å². The first kappa shape index (κ1) is 15.4. The maximum atomic E-state index is 12.4. The Morgan fingerprint density at radius 2 is 2.10 bits per heavy atom. The van der Waals surface area contributed by atoms with Crippen molar-refractivity contribution in [2.24, 2.45) is 0 Å². The topological polar surface area (TPSA) is 75.5 Å². The molecule has 1 amide bonds. The molecule has 0 saturated heterocycles. The molecule has 2 heterocycles. The summed E-state index contributed by atoms with van der Waals surface area (Å²) in [6, 6.07) is 4.22. The highest BCUT2D eigenvalue weighted by molar-refractivity contribution is 7.11. The first-order valence-corrected chi connectivity index (χ1v) is 7.27. The molecule has 0 aliphatic carbocycles. The minimum atomic E-state index is -0.210. The standard InChI is InChI=1S/C14H17N3O3S/c1-10-3-4-12(21-10)9-17(5-6-18)13(19)11-7-15-14(20-2)16-8-11/h3-4,7-8,18H,5-6,9H2,1-2H3. The molecule has 2 aromatic rings. The maximum Gasteiger partial charge on any atom is 0.316 e. The van der Waals surface area contributed by atoms with Crippen LogP contribution in [0, 0.1) is 6.92 Å². The monoisotopic (exact) mass is 307 g/mol. The lowest BCUT2D eigenvalue weighted by molar-refractivity contribution is 0.0708. The van der Waals surface area contributed by atoms with Crippen molar-refractivity contribution in [3.05, 3.63) is 39.8 Å². The van der Waals surface area contributed by atoms with Crippen molar-refractivity contribution >= 4 is 17.2 Å². The fourth-order valence-electron chi connectivity index (χ4n) is 1.85. The highest BCUT2D eigenvalue weighted by Crippen LogP contribution is 2.18. The van der Waals surface area contributed by atoms with E-state index in [0.717, 1.165) is 4.88 Å². The molecule has 0 aliphatic heterocycles. The molecular weight excluding hydrogens is 290 g/mol. The average Bonchev–Trinajstić information content (AvgIpc) is 2.91. The Bertz CT molecular complexity index is 598. The molecule has 0 radical (unpaired) electrons. The van der Waals surface area contributed by atoms with Gasteiger partial charge in [-0.25, -0.2) is 9.97 Å². The normalized spacial score (nSPS) is 10.4. The van der Waals surface area contributed by atoms with E-state index >= 15 is 0 Å². The number of ether oxygens (including phenoxy) is 1. The minimum absolute atomic E-state index is 0.0902. The molecule has 0 fully saturated rings. The summed E-state index contributed by atoms with van der Waals surface area (Å²) in [5.41, 5.74) is 0.373. The number of amides is 1. The molecule has 0 aromatic carbocycles. The number of aromatic nitrogens is 2. The molecule has 0 saturated carbocycles. The van der Waals surface area contributed by atoms with Gasteiger partial charge < -0.3 is 14.7 Å². The van der Waals surface area contributed by atoms with Crippen LogP contribution in [0.1, 0.15) is 20.1 Å². The summed E-state index contributed by atoms with van der Waals surface area (Å²) in [6.07, 6.45) is 2.86. The van der Waals surface area contributed by atoms with Gasteiger partial charge in [-0.3, -0.25) is 4.79 Å². The van der Waals surface area contributed by atoms with Gasteiger partial charge in [0, 0.05) is 28.7 Å². The van der Waals surface area contributed by atoms with Crippen molar-refractivity contribution in [3.8, 4) is 6.01 Å². The Labute approximate surface area is 127 Å². The molecule has 21 heavy (non-hydrogen) atoms. The quantitative estimate of drug-likeness (QED) is 0.875. The average molecular weight is 307 g/mol. The van der Waals surface area contributed by atoms with E-state index in [4.69, 9.17) is 9.84 Å². The highest BCUT2D eigenvalue weighted by atomic mass is 32.1. The molecule has 2 aromatic heterocycles. The summed E-state index contributed by atoms with van der Waals surface area (Å²) >= 11 is 1.63. The summed E-state index contributed by atoms with van der Waals surface area (Å²) in [4.78, 5) is 24.1. The second-order valence-electron chi connectivity index (χ2n) is 4.42. The SMILES string of the molecule is COc1ncc(C(=O)N(CCO)Cc2ccc(C)s2)cn1. The van der Waals surface area contributed by atoms with Gasteiger partial charge in [0.05, 0.1) is 25.8 Å². The summed E-state index contributed by atoms with van der Waals surface area (Å²) < 4.78 is 4.87. The number of carbonyl (C=O) groups excluding carboxylic acids is 1. The van der Waals surface area contributed by atoms with E-state index in [1.54, 1.807) is 16.2 Å². The number of carbonyl (C=O) groups is 1. The zero-order chi connectivity index (χ0) is 15.2. The summed E-state index contributed by atoms with van der Waals surface area (Å²) in [7, 11) is 1.47. The number of hydrogen-bond donors (Lipinski definition) is 1. The van der Waals surface area contributed by atoms with E-state index in [1.165, 1.54) is 24.4 Å². The van der Waals surface area contributed by atoms with Gasteiger partial charge in [-0.05, 0) is 19.1 Å². The van der Waals surface area contributed by atoms with Crippen LogP contribution in [0.15, 0.2) is 24.5 Å². The van der Waals surface area contributed by atoms with E-state index in [1.807, 2.05) is 19.1 Å². The Hall–Kier alpha value is -1.99. The van der Waals surface area contributed by atoms with Crippen LogP contribution in [-0.2, 0) is 6.54 Å². The molecule has 0 unspecified atom stereocenters. The number of aliphatic hydroxyl groups excluding tert-OH is 1. The van der Waals surface area contributed by atoms with Gasteiger partial charge in [0.1, 0.15) is 0 Å². The Kier molecular flexibility index (Phi) is 5.24. The Balaban J connectivity index is 2.13. The lowest BCUT2D eigenvalue weighted by Crippen LogP contribution is -2.33. The van der Waals surface area contributed by atoms with Crippen molar-refractivity contribution in [2.45, 2.75) is 13.5 Å². The number of aliphatic hydroxyl groups is 1. The summed E-state index contributed by atoms with van der Waals surface area (Å²) in [5, 5.41) is 9.16. The zero-order valence-corrected chi connectivity index (χ0v) is 12.8. The Morgan fingerprint density at radius 3 is 2.62 bits per heavy atom.